The molecule has 0 radical (unpaired) electrons. The number of aromatic nitrogens is 2. The number of rotatable bonds is 0. The molecule has 0 aliphatic rings. The average Bonchev–Trinajstić information content (AvgIpc) is 2.27. The van der Waals surface area contributed by atoms with E-state index in [0.717, 1.165) is 11.2 Å². The summed E-state index contributed by atoms with van der Waals surface area (Å²) < 4.78 is 1.93. The van der Waals surface area contributed by atoms with Crippen molar-refractivity contribution in [3.63, 3.8) is 0 Å². The molecule has 10 heavy (non-hydrogen) atoms. The Kier molecular flexibility index (Phi) is 0.917. The summed E-state index contributed by atoms with van der Waals surface area (Å²) in [6.07, 6.45) is 7.23. The third-order valence-electron chi connectivity index (χ3n) is 1.42. The first-order valence-corrected chi connectivity index (χ1v) is 3.03. The van der Waals surface area contributed by atoms with E-state index in [4.69, 9.17) is 5.73 Å². The Balaban J connectivity index is 2.88. The number of fused-ring (bicyclic) bond motifs is 1. The molecule has 0 bridgehead atoms. The fourth-order valence-electron chi connectivity index (χ4n) is 0.980. The van der Waals surface area contributed by atoms with Crippen LogP contribution < -0.4 is 5.73 Å². The summed E-state index contributed by atoms with van der Waals surface area (Å²) in [5.41, 5.74) is 7.34. The van der Waals surface area contributed by atoms with Crippen LogP contribution >= 0.6 is 0 Å². The maximum atomic E-state index is 5.54. The van der Waals surface area contributed by atoms with E-state index in [0.29, 0.717) is 0 Å². The highest BCUT2D eigenvalue weighted by molar-refractivity contribution is 5.56. The number of anilines is 1. The standard InChI is InChI=1S/C7H7N3/c8-6-3-7-4-9-1-2-10(7)5-6/h1-5H,8H2. The summed E-state index contributed by atoms with van der Waals surface area (Å²) in [6.45, 7) is 0. The van der Waals surface area contributed by atoms with Gasteiger partial charge in [0.2, 0.25) is 0 Å². The highest BCUT2D eigenvalue weighted by Crippen LogP contribution is 2.08. The second-order valence-corrected chi connectivity index (χ2v) is 2.18. The van der Waals surface area contributed by atoms with E-state index in [1.165, 1.54) is 0 Å². The maximum absolute atomic E-state index is 5.54. The van der Waals surface area contributed by atoms with E-state index in [1.54, 1.807) is 12.4 Å². The van der Waals surface area contributed by atoms with Gasteiger partial charge >= 0.3 is 0 Å². The van der Waals surface area contributed by atoms with E-state index in [-0.39, 0.29) is 0 Å². The molecule has 2 N–H and O–H groups in total. The zero-order valence-corrected chi connectivity index (χ0v) is 5.36. The van der Waals surface area contributed by atoms with Crippen LogP contribution in [0.2, 0.25) is 0 Å². The number of hydrogen-bond acceptors (Lipinski definition) is 2. The molecule has 3 nitrogen and oxygen atoms in total. The number of nitrogens with zero attached hydrogens (tertiary/aromatic N) is 2. The SMILES string of the molecule is Nc1cc2cnccn2c1. The van der Waals surface area contributed by atoms with Crippen LogP contribution in [0, 0.1) is 0 Å². The molecular weight excluding hydrogens is 126 g/mol. The van der Waals surface area contributed by atoms with Gasteiger partial charge in [-0.1, -0.05) is 0 Å². The highest BCUT2D eigenvalue weighted by Gasteiger charge is 1.91. The Hall–Kier alpha value is -1.51. The maximum Gasteiger partial charge on any atom is 0.0655 e. The molecule has 50 valence electrons. The second kappa shape index (κ2) is 1.73. The first-order valence-electron chi connectivity index (χ1n) is 3.03. The van der Waals surface area contributed by atoms with E-state index in [2.05, 4.69) is 4.98 Å². The first kappa shape index (κ1) is 5.29. The van der Waals surface area contributed by atoms with Gasteiger partial charge in [-0.2, -0.15) is 0 Å². The van der Waals surface area contributed by atoms with Gasteiger partial charge in [0.1, 0.15) is 0 Å². The van der Waals surface area contributed by atoms with Crippen LogP contribution in [0.1, 0.15) is 0 Å². The zero-order valence-electron chi connectivity index (χ0n) is 5.36. The van der Waals surface area contributed by atoms with Crippen molar-refractivity contribution in [3.05, 3.63) is 30.9 Å². The molecule has 2 rings (SSSR count). The minimum absolute atomic E-state index is 0.771. The largest absolute Gasteiger partial charge is 0.397 e. The van der Waals surface area contributed by atoms with Gasteiger partial charge in [0, 0.05) is 18.6 Å². The Morgan fingerprint density at radius 2 is 2.40 bits per heavy atom. The number of nitrogens with two attached hydrogens (primary N) is 1. The van der Waals surface area contributed by atoms with Crippen molar-refractivity contribution in [3.8, 4) is 0 Å². The lowest BCUT2D eigenvalue weighted by Crippen LogP contribution is -1.80. The molecule has 2 aromatic heterocycles. The van der Waals surface area contributed by atoms with Crippen molar-refractivity contribution in [2.45, 2.75) is 0 Å². The van der Waals surface area contributed by atoms with Gasteiger partial charge in [0.15, 0.2) is 0 Å². The topological polar surface area (TPSA) is 43.3 Å². The zero-order chi connectivity index (χ0) is 6.97. The molecule has 0 amide bonds. The van der Waals surface area contributed by atoms with E-state index in [1.807, 2.05) is 22.9 Å². The van der Waals surface area contributed by atoms with Crippen molar-refractivity contribution in [2.24, 2.45) is 0 Å². The van der Waals surface area contributed by atoms with Crippen LogP contribution in [0.25, 0.3) is 5.52 Å². The molecule has 0 aliphatic carbocycles. The van der Waals surface area contributed by atoms with Crippen molar-refractivity contribution < 1.29 is 0 Å². The van der Waals surface area contributed by atoms with Crippen molar-refractivity contribution in [1.82, 2.24) is 9.38 Å². The third-order valence-corrected chi connectivity index (χ3v) is 1.42. The molecule has 0 spiro atoms. The summed E-state index contributed by atoms with van der Waals surface area (Å²) in [6, 6.07) is 1.88. The third kappa shape index (κ3) is 0.639. The molecule has 0 fully saturated rings. The van der Waals surface area contributed by atoms with E-state index < -0.39 is 0 Å². The molecule has 0 unspecified atom stereocenters. The minimum atomic E-state index is 0.771. The average molecular weight is 133 g/mol. The van der Waals surface area contributed by atoms with Gasteiger partial charge in [-0.15, -0.1) is 0 Å². The van der Waals surface area contributed by atoms with E-state index >= 15 is 0 Å². The predicted octanol–water partition coefficient (Wildman–Crippen LogP) is 0.916. The van der Waals surface area contributed by atoms with Gasteiger partial charge in [0.25, 0.3) is 0 Å². The molecule has 2 aromatic rings. The van der Waals surface area contributed by atoms with Crippen molar-refractivity contribution in [2.75, 3.05) is 5.73 Å². The quantitative estimate of drug-likeness (QED) is 0.580. The normalized spacial score (nSPS) is 10.4. The summed E-state index contributed by atoms with van der Waals surface area (Å²) in [7, 11) is 0. The Morgan fingerprint density at radius 3 is 3.20 bits per heavy atom. The van der Waals surface area contributed by atoms with Gasteiger partial charge in [0.05, 0.1) is 17.4 Å². The van der Waals surface area contributed by atoms with Gasteiger partial charge in [-0.25, -0.2) is 0 Å². The smallest absolute Gasteiger partial charge is 0.0655 e. The second-order valence-electron chi connectivity index (χ2n) is 2.18. The van der Waals surface area contributed by atoms with Gasteiger partial charge in [-0.05, 0) is 6.07 Å². The fraction of sp³-hybridized carbons (Fsp3) is 0. The summed E-state index contributed by atoms with van der Waals surface area (Å²) in [4.78, 5) is 3.95. The summed E-state index contributed by atoms with van der Waals surface area (Å²) >= 11 is 0. The molecule has 0 aliphatic heterocycles. The van der Waals surface area contributed by atoms with Crippen LogP contribution in [-0.4, -0.2) is 9.38 Å². The molecule has 0 atom stereocenters. The highest BCUT2D eigenvalue weighted by atomic mass is 14.9. The lowest BCUT2D eigenvalue weighted by atomic mass is 10.5. The van der Waals surface area contributed by atoms with Crippen LogP contribution in [0.4, 0.5) is 5.69 Å². The molecule has 3 heteroatoms. The van der Waals surface area contributed by atoms with Crippen LogP contribution in [0.5, 0.6) is 0 Å². The summed E-state index contributed by atoms with van der Waals surface area (Å²) in [5.74, 6) is 0. The molecule has 2 heterocycles. The number of hydrogen-bond donors (Lipinski definition) is 1. The summed E-state index contributed by atoms with van der Waals surface area (Å²) in [5, 5.41) is 0. The van der Waals surface area contributed by atoms with Gasteiger partial charge in [-0.3, -0.25) is 4.98 Å². The van der Waals surface area contributed by atoms with Crippen molar-refractivity contribution >= 4 is 11.2 Å². The van der Waals surface area contributed by atoms with Crippen LogP contribution in [0.15, 0.2) is 30.9 Å². The monoisotopic (exact) mass is 133 g/mol. The molecule has 0 saturated heterocycles. The van der Waals surface area contributed by atoms with Crippen molar-refractivity contribution in [1.29, 1.82) is 0 Å². The number of nitrogen functional groups attached to an aromatic ring is 1. The molecular formula is C7H7N3. The minimum Gasteiger partial charge on any atom is -0.397 e. The van der Waals surface area contributed by atoms with Gasteiger partial charge < -0.3 is 10.1 Å². The Bertz CT molecular complexity index is 317. The lowest BCUT2D eigenvalue weighted by Gasteiger charge is -1.87. The predicted molar refractivity (Wildman–Crippen MR) is 39.6 cm³/mol. The Labute approximate surface area is 58.1 Å². The van der Waals surface area contributed by atoms with Crippen LogP contribution in [-0.2, 0) is 0 Å². The fourth-order valence-corrected chi connectivity index (χ4v) is 0.980. The lowest BCUT2D eigenvalue weighted by molar-refractivity contribution is 1.14. The van der Waals surface area contributed by atoms with Crippen LogP contribution in [0.3, 0.4) is 0 Å². The van der Waals surface area contributed by atoms with E-state index in [9.17, 15) is 0 Å². The molecule has 0 aromatic carbocycles. The first-order chi connectivity index (χ1) is 4.86. The molecule has 0 saturated carbocycles. The Morgan fingerprint density at radius 1 is 1.50 bits per heavy atom.